The lowest BCUT2D eigenvalue weighted by Gasteiger charge is -2.18. The van der Waals surface area contributed by atoms with E-state index in [2.05, 4.69) is 33.0 Å². The van der Waals surface area contributed by atoms with Crippen molar-refractivity contribution in [3.8, 4) is 0 Å². The number of rotatable bonds is 8. The highest BCUT2D eigenvalue weighted by Crippen LogP contribution is 2.04. The highest BCUT2D eigenvalue weighted by atomic mass is 16.5. The van der Waals surface area contributed by atoms with E-state index in [0.29, 0.717) is 12.0 Å². The van der Waals surface area contributed by atoms with Gasteiger partial charge < -0.3 is 10.1 Å². The largest absolute Gasteiger partial charge is 0.377 e. The van der Waals surface area contributed by atoms with E-state index in [1.54, 1.807) is 0 Å². The van der Waals surface area contributed by atoms with Gasteiger partial charge in [0, 0.05) is 13.2 Å². The van der Waals surface area contributed by atoms with Gasteiger partial charge in [-0.3, -0.25) is 0 Å². The molecule has 0 saturated carbocycles. The predicted octanol–water partition coefficient (Wildman–Crippen LogP) is 2.44. The Morgan fingerprint density at radius 2 is 1.92 bits per heavy atom. The molecule has 0 aliphatic rings. The van der Waals surface area contributed by atoms with Crippen molar-refractivity contribution in [2.75, 3.05) is 19.7 Å². The van der Waals surface area contributed by atoms with Crippen molar-refractivity contribution in [1.29, 1.82) is 0 Å². The Bertz CT molecular complexity index is 104. The molecule has 0 fully saturated rings. The van der Waals surface area contributed by atoms with E-state index in [0.717, 1.165) is 19.7 Å². The van der Waals surface area contributed by atoms with Crippen LogP contribution in [-0.2, 0) is 4.74 Å². The van der Waals surface area contributed by atoms with Crippen molar-refractivity contribution in [3.63, 3.8) is 0 Å². The molecule has 0 rings (SSSR count). The molecule has 0 aromatic heterocycles. The summed E-state index contributed by atoms with van der Waals surface area (Å²) in [4.78, 5) is 0. The van der Waals surface area contributed by atoms with Crippen LogP contribution < -0.4 is 5.32 Å². The van der Waals surface area contributed by atoms with Gasteiger partial charge in [-0.25, -0.2) is 0 Å². The zero-order chi connectivity index (χ0) is 10.1. The van der Waals surface area contributed by atoms with Crippen LogP contribution in [0.4, 0.5) is 0 Å². The Labute approximate surface area is 83.1 Å². The first-order chi connectivity index (χ1) is 6.20. The minimum Gasteiger partial charge on any atom is -0.377 e. The monoisotopic (exact) mass is 187 g/mol. The van der Waals surface area contributed by atoms with Gasteiger partial charge in [0.05, 0.1) is 6.10 Å². The molecule has 0 bridgehead atoms. The number of nitrogens with one attached hydrogen (secondary N) is 1. The number of ether oxygens (including phenoxy) is 1. The van der Waals surface area contributed by atoms with Gasteiger partial charge in [-0.1, -0.05) is 34.1 Å². The second kappa shape index (κ2) is 8.52. The van der Waals surface area contributed by atoms with Crippen molar-refractivity contribution in [2.24, 2.45) is 5.92 Å². The van der Waals surface area contributed by atoms with Crippen LogP contribution in [0.1, 0.15) is 40.5 Å². The van der Waals surface area contributed by atoms with E-state index in [4.69, 9.17) is 4.74 Å². The molecule has 0 heterocycles. The van der Waals surface area contributed by atoms with E-state index in [1.807, 2.05) is 0 Å². The lowest BCUT2D eigenvalue weighted by atomic mass is 10.2. The standard InChI is InChI=1S/C11H25NO/c1-5-7-11(8-12-6-2)13-9-10(3)4/h10-12H,5-9H2,1-4H3. The summed E-state index contributed by atoms with van der Waals surface area (Å²) < 4.78 is 5.78. The quantitative estimate of drug-likeness (QED) is 0.630. The maximum absolute atomic E-state index is 5.78. The first-order valence-corrected chi connectivity index (χ1v) is 5.53. The lowest BCUT2D eigenvalue weighted by molar-refractivity contribution is 0.0309. The van der Waals surface area contributed by atoms with Gasteiger partial charge in [0.15, 0.2) is 0 Å². The van der Waals surface area contributed by atoms with Crippen molar-refractivity contribution < 1.29 is 4.74 Å². The number of likely N-dealkylation sites (N-methyl/N-ethyl adjacent to an activating group) is 1. The summed E-state index contributed by atoms with van der Waals surface area (Å²) in [5.41, 5.74) is 0. The molecule has 0 radical (unpaired) electrons. The van der Waals surface area contributed by atoms with Crippen LogP contribution >= 0.6 is 0 Å². The molecular weight excluding hydrogens is 162 g/mol. The van der Waals surface area contributed by atoms with Gasteiger partial charge in [-0.15, -0.1) is 0 Å². The molecule has 0 aromatic rings. The first kappa shape index (κ1) is 12.9. The minimum absolute atomic E-state index is 0.410. The molecule has 2 heteroatoms. The van der Waals surface area contributed by atoms with Crippen LogP contribution in [0.25, 0.3) is 0 Å². The topological polar surface area (TPSA) is 21.3 Å². The van der Waals surface area contributed by atoms with E-state index in [-0.39, 0.29) is 0 Å². The Morgan fingerprint density at radius 3 is 2.38 bits per heavy atom. The smallest absolute Gasteiger partial charge is 0.0699 e. The zero-order valence-electron chi connectivity index (χ0n) is 9.60. The fraction of sp³-hybridized carbons (Fsp3) is 1.00. The molecule has 0 saturated heterocycles. The molecule has 1 atom stereocenters. The summed E-state index contributed by atoms with van der Waals surface area (Å²) in [5, 5.41) is 3.33. The molecule has 0 aliphatic carbocycles. The van der Waals surface area contributed by atoms with Crippen LogP contribution in [0.15, 0.2) is 0 Å². The molecule has 1 N–H and O–H groups in total. The van der Waals surface area contributed by atoms with Crippen molar-refractivity contribution in [3.05, 3.63) is 0 Å². The molecule has 0 aromatic carbocycles. The molecule has 1 unspecified atom stereocenters. The molecule has 0 aliphatic heterocycles. The average Bonchev–Trinajstić information content (AvgIpc) is 2.09. The van der Waals surface area contributed by atoms with Gasteiger partial charge in [0.25, 0.3) is 0 Å². The maximum atomic E-state index is 5.78. The summed E-state index contributed by atoms with van der Waals surface area (Å²) in [7, 11) is 0. The summed E-state index contributed by atoms with van der Waals surface area (Å²) in [5.74, 6) is 0.640. The number of hydrogen-bond donors (Lipinski definition) is 1. The molecule has 80 valence electrons. The van der Waals surface area contributed by atoms with Crippen LogP contribution in [0.5, 0.6) is 0 Å². The van der Waals surface area contributed by atoms with Crippen molar-refractivity contribution >= 4 is 0 Å². The third-order valence-corrected chi connectivity index (χ3v) is 1.90. The lowest BCUT2D eigenvalue weighted by Crippen LogP contribution is -2.30. The molecule has 13 heavy (non-hydrogen) atoms. The molecular formula is C11H25NO. The van der Waals surface area contributed by atoms with Gasteiger partial charge in [0.1, 0.15) is 0 Å². The fourth-order valence-corrected chi connectivity index (χ4v) is 1.20. The third kappa shape index (κ3) is 8.26. The van der Waals surface area contributed by atoms with Crippen LogP contribution in [0, 0.1) is 5.92 Å². The van der Waals surface area contributed by atoms with E-state index in [9.17, 15) is 0 Å². The SMILES string of the molecule is CCCC(CNCC)OCC(C)C. The normalized spacial score (nSPS) is 13.6. The second-order valence-corrected chi connectivity index (χ2v) is 3.95. The average molecular weight is 187 g/mol. The van der Waals surface area contributed by atoms with Gasteiger partial charge in [-0.05, 0) is 18.9 Å². The Kier molecular flexibility index (Phi) is 8.46. The van der Waals surface area contributed by atoms with Gasteiger partial charge >= 0.3 is 0 Å². The Balaban J connectivity index is 3.53. The number of hydrogen-bond acceptors (Lipinski definition) is 2. The Morgan fingerprint density at radius 1 is 1.23 bits per heavy atom. The molecule has 0 amide bonds. The fourth-order valence-electron chi connectivity index (χ4n) is 1.20. The van der Waals surface area contributed by atoms with Crippen LogP contribution in [-0.4, -0.2) is 25.8 Å². The summed E-state index contributed by atoms with van der Waals surface area (Å²) >= 11 is 0. The van der Waals surface area contributed by atoms with Gasteiger partial charge in [0.2, 0.25) is 0 Å². The highest BCUT2D eigenvalue weighted by molar-refractivity contribution is 4.61. The van der Waals surface area contributed by atoms with E-state index >= 15 is 0 Å². The van der Waals surface area contributed by atoms with Crippen LogP contribution in [0.3, 0.4) is 0 Å². The highest BCUT2D eigenvalue weighted by Gasteiger charge is 2.07. The summed E-state index contributed by atoms with van der Waals surface area (Å²) in [6, 6.07) is 0. The minimum atomic E-state index is 0.410. The predicted molar refractivity (Wildman–Crippen MR) is 58.0 cm³/mol. The van der Waals surface area contributed by atoms with E-state index < -0.39 is 0 Å². The maximum Gasteiger partial charge on any atom is 0.0699 e. The first-order valence-electron chi connectivity index (χ1n) is 5.53. The van der Waals surface area contributed by atoms with E-state index in [1.165, 1.54) is 12.8 Å². The Hall–Kier alpha value is -0.0800. The molecule has 0 spiro atoms. The third-order valence-electron chi connectivity index (χ3n) is 1.90. The summed E-state index contributed by atoms with van der Waals surface area (Å²) in [6.45, 7) is 11.6. The van der Waals surface area contributed by atoms with Crippen molar-refractivity contribution in [2.45, 2.75) is 46.6 Å². The van der Waals surface area contributed by atoms with Gasteiger partial charge in [-0.2, -0.15) is 0 Å². The molecule has 2 nitrogen and oxygen atoms in total. The second-order valence-electron chi connectivity index (χ2n) is 3.95. The summed E-state index contributed by atoms with van der Waals surface area (Å²) in [6.07, 6.45) is 2.78. The van der Waals surface area contributed by atoms with Crippen molar-refractivity contribution in [1.82, 2.24) is 5.32 Å². The van der Waals surface area contributed by atoms with Crippen LogP contribution in [0.2, 0.25) is 0 Å². The zero-order valence-corrected chi connectivity index (χ0v) is 9.60.